The zero-order valence-electron chi connectivity index (χ0n) is 11.6. The lowest BCUT2D eigenvalue weighted by Crippen LogP contribution is -2.56. The van der Waals surface area contributed by atoms with E-state index in [-0.39, 0.29) is 0 Å². The fraction of sp³-hybridized carbons (Fsp3) is 0.533. The number of aliphatic carboxylic acids is 1. The molecule has 0 aromatic heterocycles. The van der Waals surface area contributed by atoms with Crippen LogP contribution in [0.4, 0.5) is 0 Å². The summed E-state index contributed by atoms with van der Waals surface area (Å²) in [4.78, 5) is 13.9. The first-order valence-electron chi connectivity index (χ1n) is 6.87. The molecule has 0 saturated carbocycles. The number of benzene rings is 1. The van der Waals surface area contributed by atoms with Crippen LogP contribution < -0.4 is 5.32 Å². The van der Waals surface area contributed by atoms with E-state index in [1.807, 2.05) is 36.1 Å². The number of carboxylic acids is 1. The van der Waals surface area contributed by atoms with E-state index in [0.29, 0.717) is 0 Å². The summed E-state index contributed by atoms with van der Waals surface area (Å²) in [5.74, 6) is -0.779. The van der Waals surface area contributed by atoms with Crippen LogP contribution in [0.15, 0.2) is 24.3 Å². The molecular formula is C15H22N2O2. The van der Waals surface area contributed by atoms with E-state index in [0.717, 1.165) is 38.2 Å². The Morgan fingerprint density at radius 3 is 2.37 bits per heavy atom. The Bertz CT molecular complexity index is 438. The second-order valence-electron chi connectivity index (χ2n) is 5.16. The maximum atomic E-state index is 11.8. The maximum absolute atomic E-state index is 11.8. The molecule has 0 aliphatic carbocycles. The van der Waals surface area contributed by atoms with Crippen LogP contribution >= 0.6 is 0 Å². The molecule has 1 aromatic rings. The van der Waals surface area contributed by atoms with Crippen LogP contribution in [0.2, 0.25) is 0 Å². The maximum Gasteiger partial charge on any atom is 0.328 e. The molecule has 0 amide bonds. The molecule has 2 N–H and O–H groups in total. The van der Waals surface area contributed by atoms with E-state index >= 15 is 0 Å². The quantitative estimate of drug-likeness (QED) is 0.862. The second-order valence-corrected chi connectivity index (χ2v) is 5.16. The van der Waals surface area contributed by atoms with Gasteiger partial charge in [-0.05, 0) is 24.5 Å². The summed E-state index contributed by atoms with van der Waals surface area (Å²) in [5.41, 5.74) is 1.16. The van der Waals surface area contributed by atoms with E-state index in [4.69, 9.17) is 0 Å². The monoisotopic (exact) mass is 262 g/mol. The Kier molecular flexibility index (Phi) is 4.22. The highest BCUT2D eigenvalue weighted by Crippen LogP contribution is 2.29. The predicted octanol–water partition coefficient (Wildman–Crippen LogP) is 1.45. The SMILES string of the molecule is CCc1ccc(C(C)(C(=O)O)N2CCNCC2)cc1. The molecule has 4 nitrogen and oxygen atoms in total. The van der Waals surface area contributed by atoms with E-state index in [1.54, 1.807) is 0 Å². The second kappa shape index (κ2) is 5.72. The van der Waals surface area contributed by atoms with Gasteiger partial charge in [0.2, 0.25) is 0 Å². The molecule has 1 aliphatic rings. The molecule has 1 unspecified atom stereocenters. The average molecular weight is 262 g/mol. The van der Waals surface area contributed by atoms with Gasteiger partial charge in [0.15, 0.2) is 0 Å². The van der Waals surface area contributed by atoms with Gasteiger partial charge in [-0.25, -0.2) is 4.79 Å². The molecular weight excluding hydrogens is 240 g/mol. The van der Waals surface area contributed by atoms with Gasteiger partial charge in [-0.15, -0.1) is 0 Å². The highest BCUT2D eigenvalue weighted by molar-refractivity contribution is 5.80. The summed E-state index contributed by atoms with van der Waals surface area (Å²) in [6.45, 7) is 7.12. The van der Waals surface area contributed by atoms with Gasteiger partial charge >= 0.3 is 5.97 Å². The Hall–Kier alpha value is -1.39. The summed E-state index contributed by atoms with van der Waals surface area (Å²) >= 11 is 0. The topological polar surface area (TPSA) is 52.6 Å². The number of rotatable bonds is 4. The molecule has 1 heterocycles. The van der Waals surface area contributed by atoms with Gasteiger partial charge < -0.3 is 10.4 Å². The third kappa shape index (κ3) is 2.65. The zero-order chi connectivity index (χ0) is 13.9. The van der Waals surface area contributed by atoms with Crippen molar-refractivity contribution in [3.8, 4) is 0 Å². The van der Waals surface area contributed by atoms with Crippen molar-refractivity contribution in [3.05, 3.63) is 35.4 Å². The lowest BCUT2D eigenvalue weighted by atomic mass is 9.88. The van der Waals surface area contributed by atoms with Gasteiger partial charge in [-0.2, -0.15) is 0 Å². The van der Waals surface area contributed by atoms with Gasteiger partial charge in [0.1, 0.15) is 5.54 Å². The minimum absolute atomic E-state index is 0.762. The van der Waals surface area contributed by atoms with Crippen molar-refractivity contribution >= 4 is 5.97 Å². The molecule has 1 aromatic carbocycles. The Balaban J connectivity index is 2.33. The van der Waals surface area contributed by atoms with Gasteiger partial charge in [0.05, 0.1) is 0 Å². The van der Waals surface area contributed by atoms with Crippen molar-refractivity contribution in [2.24, 2.45) is 0 Å². The summed E-state index contributed by atoms with van der Waals surface area (Å²) in [7, 11) is 0. The first-order valence-corrected chi connectivity index (χ1v) is 6.87. The molecule has 19 heavy (non-hydrogen) atoms. The molecule has 0 bridgehead atoms. The zero-order valence-corrected chi connectivity index (χ0v) is 11.6. The van der Waals surface area contributed by atoms with Gasteiger partial charge in [0.25, 0.3) is 0 Å². The van der Waals surface area contributed by atoms with Crippen molar-refractivity contribution in [2.45, 2.75) is 25.8 Å². The summed E-state index contributed by atoms with van der Waals surface area (Å²) in [5, 5.41) is 13.0. The number of hydrogen-bond donors (Lipinski definition) is 2. The third-order valence-electron chi connectivity index (χ3n) is 4.09. The minimum Gasteiger partial charge on any atom is -0.480 e. The van der Waals surface area contributed by atoms with Crippen molar-refractivity contribution < 1.29 is 9.90 Å². The van der Waals surface area contributed by atoms with Gasteiger partial charge in [0, 0.05) is 26.2 Å². The third-order valence-corrected chi connectivity index (χ3v) is 4.09. The standard InChI is InChI=1S/C15H22N2O2/c1-3-12-4-6-13(7-5-12)15(2,14(18)19)17-10-8-16-9-11-17/h4-7,16H,3,8-11H2,1-2H3,(H,18,19). The smallest absolute Gasteiger partial charge is 0.328 e. The first kappa shape index (κ1) is 14.0. The van der Waals surface area contributed by atoms with E-state index in [9.17, 15) is 9.90 Å². The molecule has 0 spiro atoms. The van der Waals surface area contributed by atoms with E-state index < -0.39 is 11.5 Å². The van der Waals surface area contributed by atoms with Crippen molar-refractivity contribution in [3.63, 3.8) is 0 Å². The summed E-state index contributed by atoms with van der Waals surface area (Å²) in [6, 6.07) is 7.96. The van der Waals surface area contributed by atoms with Crippen LogP contribution in [0.1, 0.15) is 25.0 Å². The summed E-state index contributed by atoms with van der Waals surface area (Å²) in [6.07, 6.45) is 0.970. The first-order chi connectivity index (χ1) is 9.09. The van der Waals surface area contributed by atoms with Crippen LogP contribution in [0, 0.1) is 0 Å². The van der Waals surface area contributed by atoms with Crippen LogP contribution in [0.25, 0.3) is 0 Å². The van der Waals surface area contributed by atoms with Crippen molar-refractivity contribution in [1.29, 1.82) is 0 Å². The minimum atomic E-state index is -0.936. The molecule has 4 heteroatoms. The largest absolute Gasteiger partial charge is 0.480 e. The van der Waals surface area contributed by atoms with E-state index in [1.165, 1.54) is 5.56 Å². The number of hydrogen-bond acceptors (Lipinski definition) is 3. The normalized spacial score (nSPS) is 19.9. The molecule has 1 aliphatic heterocycles. The molecule has 1 fully saturated rings. The van der Waals surface area contributed by atoms with Crippen LogP contribution in [-0.4, -0.2) is 42.2 Å². The highest BCUT2D eigenvalue weighted by Gasteiger charge is 2.41. The van der Waals surface area contributed by atoms with Gasteiger partial charge in [-0.3, -0.25) is 4.90 Å². The molecule has 1 saturated heterocycles. The van der Waals surface area contributed by atoms with Crippen molar-refractivity contribution in [2.75, 3.05) is 26.2 Å². The predicted molar refractivity (Wildman–Crippen MR) is 75.3 cm³/mol. The summed E-state index contributed by atoms with van der Waals surface area (Å²) < 4.78 is 0. The molecule has 1 atom stereocenters. The van der Waals surface area contributed by atoms with Crippen LogP contribution in [0.5, 0.6) is 0 Å². The fourth-order valence-electron chi connectivity index (χ4n) is 2.62. The lowest BCUT2D eigenvalue weighted by Gasteiger charge is -2.40. The Labute approximate surface area is 114 Å². The average Bonchev–Trinajstić information content (AvgIpc) is 2.47. The van der Waals surface area contributed by atoms with Crippen LogP contribution in [0.3, 0.4) is 0 Å². The molecule has 104 valence electrons. The number of aryl methyl sites for hydroxylation is 1. The van der Waals surface area contributed by atoms with Crippen LogP contribution in [-0.2, 0) is 16.8 Å². The number of piperazine rings is 1. The fourth-order valence-corrected chi connectivity index (χ4v) is 2.62. The number of carbonyl (C=O) groups is 1. The Morgan fingerprint density at radius 2 is 1.89 bits per heavy atom. The van der Waals surface area contributed by atoms with Crippen molar-refractivity contribution in [1.82, 2.24) is 10.2 Å². The van der Waals surface area contributed by atoms with E-state index in [2.05, 4.69) is 12.2 Å². The highest BCUT2D eigenvalue weighted by atomic mass is 16.4. The number of carboxylic acid groups (broad SMARTS) is 1. The molecule has 2 rings (SSSR count). The Morgan fingerprint density at radius 1 is 1.32 bits per heavy atom. The lowest BCUT2D eigenvalue weighted by molar-refractivity contribution is -0.151. The number of nitrogens with zero attached hydrogens (tertiary/aromatic N) is 1. The van der Waals surface area contributed by atoms with Gasteiger partial charge in [-0.1, -0.05) is 31.2 Å². The molecule has 0 radical (unpaired) electrons. The number of nitrogens with one attached hydrogen (secondary N) is 1.